The van der Waals surface area contributed by atoms with E-state index in [0.717, 1.165) is 6.42 Å². The van der Waals surface area contributed by atoms with Crippen LogP contribution in [0.4, 0.5) is 0 Å². The molecule has 0 aliphatic heterocycles. The Hall–Kier alpha value is -0.823. The summed E-state index contributed by atoms with van der Waals surface area (Å²) in [6.45, 7) is 13.5. The molecule has 0 saturated heterocycles. The normalized spacial score (nSPS) is 13.6. The lowest BCUT2D eigenvalue weighted by atomic mass is 10.0. The molecule has 0 aliphatic rings. The lowest BCUT2D eigenvalue weighted by Crippen LogP contribution is -2.29. The van der Waals surface area contributed by atoms with E-state index in [9.17, 15) is 0 Å². The van der Waals surface area contributed by atoms with Crippen LogP contribution in [-0.2, 0) is 6.42 Å². The molecule has 1 heteroatoms. The molecule has 0 amide bonds. The van der Waals surface area contributed by atoms with Gasteiger partial charge in [0.2, 0.25) is 0 Å². The maximum absolute atomic E-state index is 3.83. The Balaban J connectivity index is 3.07. The van der Waals surface area contributed by atoms with Crippen LogP contribution in [0.3, 0.4) is 0 Å². The van der Waals surface area contributed by atoms with Crippen LogP contribution >= 0.6 is 0 Å². The number of rotatable bonds is 4. The van der Waals surface area contributed by atoms with Crippen molar-refractivity contribution in [1.82, 2.24) is 0 Å². The lowest BCUT2D eigenvalue weighted by Gasteiger charge is -2.27. The Kier molecular flexibility index (Phi) is 3.92. The first-order valence-electron chi connectivity index (χ1n) is 5.65. The summed E-state index contributed by atoms with van der Waals surface area (Å²) in [5.74, 6) is 0. The molecule has 0 N–H and O–H groups in total. The first-order chi connectivity index (χ1) is 6.96. The molecule has 0 radical (unpaired) electrons. The zero-order valence-corrected chi connectivity index (χ0v) is 11.4. The van der Waals surface area contributed by atoms with E-state index >= 15 is 0 Å². The van der Waals surface area contributed by atoms with Crippen LogP contribution in [0.5, 0.6) is 0 Å². The summed E-state index contributed by atoms with van der Waals surface area (Å²) in [5, 5.41) is 0. The van der Waals surface area contributed by atoms with Gasteiger partial charge in [0.15, 0.2) is 0 Å². The molecular formula is C14H22Si. The van der Waals surface area contributed by atoms with Crippen molar-refractivity contribution in [2.45, 2.75) is 38.5 Å². The summed E-state index contributed by atoms with van der Waals surface area (Å²) in [5.41, 5.74) is 3.69. The largest absolute Gasteiger partial charge is 0.103 e. The molecule has 82 valence electrons. The number of hydrogen-bond donors (Lipinski definition) is 0. The lowest BCUT2D eigenvalue weighted by molar-refractivity contribution is 0.986. The highest BCUT2D eigenvalue weighted by Gasteiger charge is 2.24. The average molecular weight is 218 g/mol. The fourth-order valence-corrected chi connectivity index (χ4v) is 2.98. The monoisotopic (exact) mass is 218 g/mol. The van der Waals surface area contributed by atoms with Crippen LogP contribution in [-0.4, -0.2) is 8.07 Å². The number of benzene rings is 1. The van der Waals surface area contributed by atoms with E-state index in [1.165, 1.54) is 11.1 Å². The summed E-state index contributed by atoms with van der Waals surface area (Å²) < 4.78 is 0. The van der Waals surface area contributed by atoms with Gasteiger partial charge in [0.05, 0.1) is 8.07 Å². The van der Waals surface area contributed by atoms with Gasteiger partial charge in [-0.15, -0.1) is 6.58 Å². The van der Waals surface area contributed by atoms with Crippen molar-refractivity contribution in [3.05, 3.63) is 48.0 Å². The molecule has 0 saturated carbocycles. The van der Waals surface area contributed by atoms with Gasteiger partial charge in [0, 0.05) is 0 Å². The molecule has 1 atom stereocenters. The Bertz CT molecular complexity index is 333. The Morgan fingerprint density at radius 1 is 1.27 bits per heavy atom. The standard InChI is InChI=1S/C14H22Si/c1-6-9-13-10-7-8-11-14(13)12(2)15(3,4)5/h6-8,10-12H,1,9H2,2-5H3/t12-/m0/s1. The van der Waals surface area contributed by atoms with Crippen LogP contribution in [0.15, 0.2) is 36.9 Å². The maximum Gasteiger partial charge on any atom is 0.0518 e. The van der Waals surface area contributed by atoms with Crippen molar-refractivity contribution < 1.29 is 0 Å². The van der Waals surface area contributed by atoms with Gasteiger partial charge < -0.3 is 0 Å². The van der Waals surface area contributed by atoms with Crippen LogP contribution in [0.25, 0.3) is 0 Å². The number of allylic oxidation sites excluding steroid dienone is 1. The van der Waals surface area contributed by atoms with E-state index in [1.807, 2.05) is 6.08 Å². The molecule has 1 aromatic rings. The van der Waals surface area contributed by atoms with Crippen LogP contribution < -0.4 is 0 Å². The third-order valence-corrected chi connectivity index (χ3v) is 6.09. The molecule has 0 aromatic heterocycles. The molecule has 0 aliphatic carbocycles. The fraction of sp³-hybridized carbons (Fsp3) is 0.429. The Morgan fingerprint density at radius 2 is 1.87 bits per heavy atom. The van der Waals surface area contributed by atoms with Gasteiger partial charge in [0.25, 0.3) is 0 Å². The molecule has 1 rings (SSSR count). The third kappa shape index (κ3) is 3.06. The predicted octanol–water partition coefficient (Wildman–Crippen LogP) is 4.40. The Morgan fingerprint density at radius 3 is 2.40 bits per heavy atom. The first kappa shape index (κ1) is 12.2. The quantitative estimate of drug-likeness (QED) is 0.519. The van der Waals surface area contributed by atoms with Crippen molar-refractivity contribution in [2.24, 2.45) is 0 Å². The van der Waals surface area contributed by atoms with E-state index in [0.29, 0.717) is 5.54 Å². The average Bonchev–Trinajstić information content (AvgIpc) is 2.17. The highest BCUT2D eigenvalue weighted by molar-refractivity contribution is 6.77. The third-order valence-electron chi connectivity index (χ3n) is 3.18. The molecular weight excluding hydrogens is 196 g/mol. The van der Waals surface area contributed by atoms with Crippen LogP contribution in [0.2, 0.25) is 19.6 Å². The highest BCUT2D eigenvalue weighted by atomic mass is 28.3. The molecule has 0 spiro atoms. The topological polar surface area (TPSA) is 0 Å². The van der Waals surface area contributed by atoms with Gasteiger partial charge in [-0.1, -0.05) is 56.9 Å². The minimum absolute atomic E-state index is 0.716. The van der Waals surface area contributed by atoms with E-state index in [4.69, 9.17) is 0 Å². The first-order valence-corrected chi connectivity index (χ1v) is 9.23. The van der Waals surface area contributed by atoms with Gasteiger partial charge in [-0.2, -0.15) is 0 Å². The SMILES string of the molecule is C=CCc1ccccc1[C@H](C)[Si](C)(C)C. The van der Waals surface area contributed by atoms with E-state index < -0.39 is 8.07 Å². The zero-order valence-electron chi connectivity index (χ0n) is 10.4. The highest BCUT2D eigenvalue weighted by Crippen LogP contribution is 2.29. The molecule has 15 heavy (non-hydrogen) atoms. The summed E-state index contributed by atoms with van der Waals surface area (Å²) >= 11 is 0. The molecule has 0 unspecified atom stereocenters. The maximum atomic E-state index is 3.83. The summed E-state index contributed by atoms with van der Waals surface area (Å²) in [6.07, 6.45) is 2.99. The van der Waals surface area contributed by atoms with Gasteiger partial charge >= 0.3 is 0 Å². The predicted molar refractivity (Wildman–Crippen MR) is 72.1 cm³/mol. The van der Waals surface area contributed by atoms with Gasteiger partial charge in [0.1, 0.15) is 0 Å². The van der Waals surface area contributed by atoms with Gasteiger partial charge in [-0.25, -0.2) is 0 Å². The second kappa shape index (κ2) is 4.80. The summed E-state index contributed by atoms with van der Waals surface area (Å²) in [7, 11) is -1.10. The van der Waals surface area contributed by atoms with Crippen LogP contribution in [0, 0.1) is 0 Å². The molecule has 0 nitrogen and oxygen atoms in total. The Labute approximate surface area is 95.0 Å². The smallest absolute Gasteiger partial charge is 0.0518 e. The molecule has 0 heterocycles. The summed E-state index contributed by atoms with van der Waals surface area (Å²) in [6, 6.07) is 8.78. The van der Waals surface area contributed by atoms with Crippen molar-refractivity contribution in [3.8, 4) is 0 Å². The fourth-order valence-electron chi connectivity index (χ4n) is 1.76. The van der Waals surface area contributed by atoms with E-state index in [1.54, 1.807) is 0 Å². The van der Waals surface area contributed by atoms with Crippen molar-refractivity contribution in [3.63, 3.8) is 0 Å². The van der Waals surface area contributed by atoms with Gasteiger partial charge in [-0.05, 0) is 23.1 Å². The van der Waals surface area contributed by atoms with Crippen molar-refractivity contribution in [2.75, 3.05) is 0 Å². The van der Waals surface area contributed by atoms with E-state index in [-0.39, 0.29) is 0 Å². The minimum Gasteiger partial charge on any atom is -0.103 e. The molecule has 0 bridgehead atoms. The minimum atomic E-state index is -1.10. The van der Waals surface area contributed by atoms with Gasteiger partial charge in [-0.3, -0.25) is 0 Å². The van der Waals surface area contributed by atoms with Crippen molar-refractivity contribution in [1.29, 1.82) is 0 Å². The van der Waals surface area contributed by atoms with E-state index in [2.05, 4.69) is 57.4 Å². The number of hydrogen-bond acceptors (Lipinski definition) is 0. The molecule has 1 aromatic carbocycles. The van der Waals surface area contributed by atoms with Crippen LogP contribution in [0.1, 0.15) is 23.6 Å². The second-order valence-electron chi connectivity index (χ2n) is 5.28. The molecule has 0 fully saturated rings. The van der Waals surface area contributed by atoms with Crippen molar-refractivity contribution >= 4 is 8.07 Å². The summed E-state index contributed by atoms with van der Waals surface area (Å²) in [4.78, 5) is 0. The second-order valence-corrected chi connectivity index (χ2v) is 10.9. The zero-order chi connectivity index (χ0) is 11.5.